The topological polar surface area (TPSA) is 49.3 Å². The highest BCUT2D eigenvalue weighted by Crippen LogP contribution is 2.49. The number of aromatic hydroxyl groups is 1. The second kappa shape index (κ2) is 5.47. The summed E-state index contributed by atoms with van der Waals surface area (Å²) in [7, 11) is 0. The molecule has 1 aromatic carbocycles. The molecule has 2 aliphatic carbocycles. The summed E-state index contributed by atoms with van der Waals surface area (Å²) in [6.07, 6.45) is 5.64. The van der Waals surface area contributed by atoms with Crippen molar-refractivity contribution in [3.8, 4) is 5.75 Å². The summed E-state index contributed by atoms with van der Waals surface area (Å²) in [4.78, 5) is 12.1. The van der Waals surface area contributed by atoms with Gasteiger partial charge in [0.25, 0.3) is 0 Å². The molecule has 108 valence electrons. The van der Waals surface area contributed by atoms with Crippen molar-refractivity contribution in [1.29, 1.82) is 0 Å². The molecule has 20 heavy (non-hydrogen) atoms. The highest BCUT2D eigenvalue weighted by molar-refractivity contribution is 5.79. The normalized spacial score (nSPS) is 29.4. The zero-order chi connectivity index (χ0) is 14.1. The molecular formula is C17H23NO2. The number of carbonyl (C=O) groups excluding carboxylic acids is 1. The highest BCUT2D eigenvalue weighted by Gasteiger charge is 2.42. The fourth-order valence-electron chi connectivity index (χ4n) is 4.15. The number of para-hydroxylation sites is 1. The first-order chi connectivity index (χ1) is 9.63. The first kappa shape index (κ1) is 13.5. The van der Waals surface area contributed by atoms with Gasteiger partial charge in [-0.25, -0.2) is 0 Å². The number of rotatable bonds is 4. The third-order valence-corrected chi connectivity index (χ3v) is 5.17. The summed E-state index contributed by atoms with van der Waals surface area (Å²) in [5, 5.41) is 12.8. The molecule has 0 unspecified atom stereocenters. The number of nitrogens with one attached hydrogen (secondary N) is 1. The second-order valence-electron chi connectivity index (χ2n) is 6.50. The van der Waals surface area contributed by atoms with Crippen molar-refractivity contribution < 1.29 is 9.90 Å². The van der Waals surface area contributed by atoms with Gasteiger partial charge in [-0.2, -0.15) is 0 Å². The van der Waals surface area contributed by atoms with Gasteiger partial charge in [-0.3, -0.25) is 4.79 Å². The standard InChI is InChI=1S/C17H23NO2/c1-11(15-9-12-6-7-13(15)8-12)18-17(20)10-14-4-2-3-5-16(14)19/h2-5,11-13,15,19H,6-10H2,1H3,(H,18,20)/t11-,12+,13+,15-/m1/s1. The number of amides is 1. The van der Waals surface area contributed by atoms with Crippen LogP contribution in [0.25, 0.3) is 0 Å². The van der Waals surface area contributed by atoms with Crippen LogP contribution in [0.2, 0.25) is 0 Å². The van der Waals surface area contributed by atoms with Crippen LogP contribution in [0.1, 0.15) is 38.2 Å². The van der Waals surface area contributed by atoms with Crippen LogP contribution in [0.4, 0.5) is 0 Å². The molecule has 0 spiro atoms. The third-order valence-electron chi connectivity index (χ3n) is 5.17. The molecule has 0 radical (unpaired) electrons. The molecule has 4 atom stereocenters. The lowest BCUT2D eigenvalue weighted by molar-refractivity contribution is -0.121. The molecule has 0 heterocycles. The molecule has 2 N–H and O–H groups in total. The van der Waals surface area contributed by atoms with Crippen LogP contribution in [-0.4, -0.2) is 17.1 Å². The molecule has 2 fully saturated rings. The molecule has 2 bridgehead atoms. The molecule has 3 heteroatoms. The van der Waals surface area contributed by atoms with E-state index in [-0.39, 0.29) is 24.1 Å². The van der Waals surface area contributed by atoms with Gasteiger partial charge in [-0.15, -0.1) is 0 Å². The first-order valence-electron chi connectivity index (χ1n) is 7.69. The minimum atomic E-state index is 0.0155. The zero-order valence-electron chi connectivity index (χ0n) is 12.0. The lowest BCUT2D eigenvalue weighted by atomic mass is 9.84. The van der Waals surface area contributed by atoms with Gasteiger partial charge in [0.2, 0.25) is 5.91 Å². The predicted octanol–water partition coefficient (Wildman–Crippen LogP) is 2.88. The van der Waals surface area contributed by atoms with Gasteiger partial charge in [0.1, 0.15) is 5.75 Å². The van der Waals surface area contributed by atoms with Crippen LogP contribution in [0, 0.1) is 17.8 Å². The van der Waals surface area contributed by atoms with Crippen molar-refractivity contribution >= 4 is 5.91 Å². The van der Waals surface area contributed by atoms with Crippen molar-refractivity contribution in [3.63, 3.8) is 0 Å². The van der Waals surface area contributed by atoms with Crippen LogP contribution in [-0.2, 0) is 11.2 Å². The minimum absolute atomic E-state index is 0.0155. The Kier molecular flexibility index (Phi) is 3.68. The highest BCUT2D eigenvalue weighted by atomic mass is 16.3. The molecule has 2 aliphatic rings. The van der Waals surface area contributed by atoms with Gasteiger partial charge in [0, 0.05) is 11.6 Å². The Hall–Kier alpha value is -1.51. The fourth-order valence-corrected chi connectivity index (χ4v) is 4.15. The molecule has 3 rings (SSSR count). The van der Waals surface area contributed by atoms with E-state index in [1.807, 2.05) is 6.07 Å². The molecule has 3 nitrogen and oxygen atoms in total. The Morgan fingerprint density at radius 3 is 2.80 bits per heavy atom. The van der Waals surface area contributed by atoms with Gasteiger partial charge >= 0.3 is 0 Å². The average Bonchev–Trinajstić information content (AvgIpc) is 3.03. The van der Waals surface area contributed by atoms with Crippen molar-refractivity contribution in [2.24, 2.45) is 17.8 Å². The SMILES string of the molecule is C[C@@H](NC(=O)Cc1ccccc1O)[C@H]1C[C@H]2CC[C@H]1C2. The van der Waals surface area contributed by atoms with E-state index in [0.29, 0.717) is 11.5 Å². The van der Waals surface area contributed by atoms with E-state index >= 15 is 0 Å². The van der Waals surface area contributed by atoms with E-state index in [9.17, 15) is 9.90 Å². The number of carbonyl (C=O) groups is 1. The number of phenols is 1. The monoisotopic (exact) mass is 273 g/mol. The molecule has 2 saturated carbocycles. The zero-order valence-corrected chi connectivity index (χ0v) is 12.0. The number of hydrogen-bond acceptors (Lipinski definition) is 2. The van der Waals surface area contributed by atoms with E-state index in [1.165, 1.54) is 25.7 Å². The summed E-state index contributed by atoms with van der Waals surface area (Å²) < 4.78 is 0. The molecular weight excluding hydrogens is 250 g/mol. The van der Waals surface area contributed by atoms with Crippen molar-refractivity contribution in [2.45, 2.75) is 45.1 Å². The third kappa shape index (κ3) is 2.67. The van der Waals surface area contributed by atoms with Crippen LogP contribution in [0.15, 0.2) is 24.3 Å². The Morgan fingerprint density at radius 2 is 2.15 bits per heavy atom. The van der Waals surface area contributed by atoms with Crippen LogP contribution in [0.5, 0.6) is 5.75 Å². The van der Waals surface area contributed by atoms with Crippen LogP contribution < -0.4 is 5.32 Å². The molecule has 1 aromatic rings. The van der Waals surface area contributed by atoms with E-state index < -0.39 is 0 Å². The summed E-state index contributed by atoms with van der Waals surface area (Å²) >= 11 is 0. The molecule has 0 aromatic heterocycles. The Labute approximate surface area is 120 Å². The van der Waals surface area contributed by atoms with Gasteiger partial charge in [0.15, 0.2) is 0 Å². The lowest BCUT2D eigenvalue weighted by Crippen LogP contribution is -2.40. The number of hydrogen-bond donors (Lipinski definition) is 2. The molecule has 0 aliphatic heterocycles. The largest absolute Gasteiger partial charge is 0.508 e. The number of fused-ring (bicyclic) bond motifs is 2. The summed E-state index contributed by atoms with van der Waals surface area (Å²) in [5.74, 6) is 2.60. The van der Waals surface area contributed by atoms with E-state index in [4.69, 9.17) is 0 Å². The Morgan fingerprint density at radius 1 is 1.35 bits per heavy atom. The maximum Gasteiger partial charge on any atom is 0.224 e. The van der Waals surface area contributed by atoms with Crippen molar-refractivity contribution in [1.82, 2.24) is 5.32 Å². The Bertz CT molecular complexity index is 500. The van der Waals surface area contributed by atoms with E-state index in [0.717, 1.165) is 11.8 Å². The van der Waals surface area contributed by atoms with Gasteiger partial charge in [0.05, 0.1) is 6.42 Å². The summed E-state index contributed by atoms with van der Waals surface area (Å²) in [5.41, 5.74) is 0.699. The lowest BCUT2D eigenvalue weighted by Gasteiger charge is -2.28. The van der Waals surface area contributed by atoms with E-state index in [2.05, 4.69) is 12.2 Å². The van der Waals surface area contributed by atoms with Gasteiger partial charge in [-0.05, 0) is 50.0 Å². The van der Waals surface area contributed by atoms with Crippen molar-refractivity contribution in [3.05, 3.63) is 29.8 Å². The van der Waals surface area contributed by atoms with Crippen LogP contribution in [0.3, 0.4) is 0 Å². The Balaban J connectivity index is 1.55. The number of benzene rings is 1. The minimum Gasteiger partial charge on any atom is -0.508 e. The summed E-state index contributed by atoms with van der Waals surface area (Å²) in [6.45, 7) is 2.13. The average molecular weight is 273 g/mol. The number of phenolic OH excluding ortho intramolecular Hbond substituents is 1. The molecule has 0 saturated heterocycles. The van der Waals surface area contributed by atoms with Gasteiger partial charge in [-0.1, -0.05) is 24.6 Å². The second-order valence-corrected chi connectivity index (χ2v) is 6.50. The smallest absolute Gasteiger partial charge is 0.224 e. The first-order valence-corrected chi connectivity index (χ1v) is 7.69. The van der Waals surface area contributed by atoms with E-state index in [1.54, 1.807) is 18.2 Å². The fraction of sp³-hybridized carbons (Fsp3) is 0.588. The van der Waals surface area contributed by atoms with Crippen LogP contribution >= 0.6 is 0 Å². The maximum absolute atomic E-state index is 12.1. The molecule has 1 amide bonds. The quantitative estimate of drug-likeness (QED) is 0.886. The van der Waals surface area contributed by atoms with Gasteiger partial charge < -0.3 is 10.4 Å². The summed E-state index contributed by atoms with van der Waals surface area (Å²) in [6, 6.07) is 7.30. The van der Waals surface area contributed by atoms with Crippen molar-refractivity contribution in [2.75, 3.05) is 0 Å². The maximum atomic E-state index is 12.1. The predicted molar refractivity (Wildman–Crippen MR) is 78.4 cm³/mol.